The number of hydrogen-bond acceptors (Lipinski definition) is 3. The molecular weight excluding hydrogens is 390 g/mol. The number of rotatable bonds is 23. The minimum atomic E-state index is -0.0100. The minimum absolute atomic E-state index is 0.0100. The highest BCUT2D eigenvalue weighted by molar-refractivity contribution is 7.99. The van der Waals surface area contributed by atoms with Gasteiger partial charge in [0, 0.05) is 31.1 Å². The molecule has 0 aromatic heterocycles. The molecule has 0 aromatic carbocycles. The van der Waals surface area contributed by atoms with Gasteiger partial charge in [0.2, 0.25) is 0 Å². The zero-order valence-corrected chi connectivity index (χ0v) is 21.4. The Bertz CT molecular complexity index is 353. The highest BCUT2D eigenvalue weighted by Crippen LogP contribution is 2.13. The molecule has 4 nitrogen and oxygen atoms in total. The van der Waals surface area contributed by atoms with Crippen molar-refractivity contribution >= 4 is 17.8 Å². The van der Waals surface area contributed by atoms with Crippen LogP contribution in [0.2, 0.25) is 0 Å². The predicted octanol–water partition coefficient (Wildman–Crippen LogP) is 6.84. The summed E-state index contributed by atoms with van der Waals surface area (Å²) >= 11 is 1.89. The van der Waals surface area contributed by atoms with E-state index in [-0.39, 0.29) is 6.03 Å². The van der Waals surface area contributed by atoms with E-state index in [9.17, 15) is 4.79 Å². The number of unbranched alkanes of at least 4 members (excludes halogenated alkanes) is 15. The van der Waals surface area contributed by atoms with Crippen LogP contribution in [0.4, 0.5) is 4.79 Å². The van der Waals surface area contributed by atoms with Crippen LogP contribution in [0, 0.1) is 0 Å². The molecule has 0 bridgehead atoms. The van der Waals surface area contributed by atoms with Crippen molar-refractivity contribution in [2.24, 2.45) is 0 Å². The first-order chi connectivity index (χ1) is 14.7. The Labute approximate surface area is 193 Å². The van der Waals surface area contributed by atoms with E-state index in [0.717, 1.165) is 37.6 Å². The molecular formula is C25H53N3OS. The summed E-state index contributed by atoms with van der Waals surface area (Å²) in [6.07, 6.45) is 22.1. The molecule has 2 amide bonds. The average molecular weight is 444 g/mol. The van der Waals surface area contributed by atoms with Crippen LogP contribution in [-0.2, 0) is 0 Å². The first-order valence-corrected chi connectivity index (χ1v) is 14.1. The standard InChI is InChI=1S/C25H53N3OS/c1-4-5-6-7-8-9-10-11-12-13-14-15-16-17-18-19-20-26-25(29)27-21-23-30-24-22-28(2)3/h4-24H2,1-3H3,(H2,26,27,29). The van der Waals surface area contributed by atoms with E-state index in [1.165, 1.54) is 96.3 Å². The largest absolute Gasteiger partial charge is 0.338 e. The van der Waals surface area contributed by atoms with Crippen LogP contribution in [0.25, 0.3) is 0 Å². The molecule has 0 heterocycles. The third-order valence-corrected chi connectivity index (χ3v) is 6.49. The van der Waals surface area contributed by atoms with Crippen LogP contribution in [0.15, 0.2) is 0 Å². The summed E-state index contributed by atoms with van der Waals surface area (Å²) < 4.78 is 0. The van der Waals surface area contributed by atoms with Gasteiger partial charge in [0.1, 0.15) is 0 Å². The maximum absolute atomic E-state index is 11.7. The van der Waals surface area contributed by atoms with Crippen molar-refractivity contribution in [2.75, 3.05) is 45.2 Å². The normalized spacial score (nSPS) is 11.2. The van der Waals surface area contributed by atoms with Crippen molar-refractivity contribution in [1.82, 2.24) is 15.5 Å². The molecule has 0 radical (unpaired) electrons. The quantitative estimate of drug-likeness (QED) is 0.170. The second kappa shape index (κ2) is 24.8. The number of hydrogen-bond donors (Lipinski definition) is 2. The molecule has 0 rings (SSSR count). The van der Waals surface area contributed by atoms with Gasteiger partial charge in [-0.05, 0) is 20.5 Å². The molecule has 0 aliphatic heterocycles. The van der Waals surface area contributed by atoms with Gasteiger partial charge in [0.05, 0.1) is 0 Å². The molecule has 0 unspecified atom stereocenters. The average Bonchev–Trinajstić information content (AvgIpc) is 2.72. The first kappa shape index (κ1) is 29.6. The Morgan fingerprint density at radius 1 is 0.633 bits per heavy atom. The summed E-state index contributed by atoms with van der Waals surface area (Å²) in [7, 11) is 4.18. The van der Waals surface area contributed by atoms with Crippen LogP contribution in [0.5, 0.6) is 0 Å². The van der Waals surface area contributed by atoms with Crippen molar-refractivity contribution in [1.29, 1.82) is 0 Å². The zero-order valence-electron chi connectivity index (χ0n) is 20.6. The fourth-order valence-corrected chi connectivity index (χ4v) is 4.47. The number of nitrogens with zero attached hydrogens (tertiary/aromatic N) is 1. The summed E-state index contributed by atoms with van der Waals surface area (Å²) in [5.41, 5.74) is 0. The molecule has 0 atom stereocenters. The summed E-state index contributed by atoms with van der Waals surface area (Å²) in [6, 6.07) is -0.0100. The summed E-state index contributed by atoms with van der Waals surface area (Å²) in [4.78, 5) is 13.9. The SMILES string of the molecule is CCCCCCCCCCCCCCCCCCNC(=O)NCCSCCN(C)C. The van der Waals surface area contributed by atoms with Gasteiger partial charge in [-0.2, -0.15) is 11.8 Å². The number of carbonyl (C=O) groups excluding carboxylic acids is 1. The van der Waals surface area contributed by atoms with Gasteiger partial charge in [-0.1, -0.05) is 103 Å². The van der Waals surface area contributed by atoms with Gasteiger partial charge >= 0.3 is 6.03 Å². The lowest BCUT2D eigenvalue weighted by Crippen LogP contribution is -2.37. The van der Waals surface area contributed by atoms with E-state index in [1.807, 2.05) is 11.8 Å². The Balaban J connectivity index is 3.12. The molecule has 0 aliphatic rings. The van der Waals surface area contributed by atoms with Crippen LogP contribution in [-0.4, -0.2) is 56.2 Å². The molecule has 0 saturated heterocycles. The van der Waals surface area contributed by atoms with Crippen molar-refractivity contribution in [2.45, 2.75) is 110 Å². The Morgan fingerprint density at radius 2 is 1.07 bits per heavy atom. The maximum Gasteiger partial charge on any atom is 0.314 e. The van der Waals surface area contributed by atoms with Gasteiger partial charge in [-0.3, -0.25) is 0 Å². The third-order valence-electron chi connectivity index (χ3n) is 5.53. The Hall–Kier alpha value is -0.420. The lowest BCUT2D eigenvalue weighted by molar-refractivity contribution is 0.241. The first-order valence-electron chi connectivity index (χ1n) is 12.9. The molecule has 0 spiro atoms. The number of carbonyl (C=O) groups is 1. The molecule has 5 heteroatoms. The molecule has 180 valence electrons. The van der Waals surface area contributed by atoms with Gasteiger partial charge in [0.15, 0.2) is 0 Å². The fraction of sp³-hybridized carbons (Fsp3) is 0.960. The topological polar surface area (TPSA) is 44.4 Å². The van der Waals surface area contributed by atoms with E-state index in [0.29, 0.717) is 0 Å². The lowest BCUT2D eigenvalue weighted by atomic mass is 10.0. The van der Waals surface area contributed by atoms with E-state index >= 15 is 0 Å². The van der Waals surface area contributed by atoms with Crippen LogP contribution in [0.1, 0.15) is 110 Å². The minimum Gasteiger partial charge on any atom is -0.338 e. The molecule has 0 saturated carbocycles. The lowest BCUT2D eigenvalue weighted by Gasteiger charge is -2.09. The monoisotopic (exact) mass is 443 g/mol. The second-order valence-corrected chi connectivity index (χ2v) is 10.1. The zero-order chi connectivity index (χ0) is 22.1. The molecule has 0 aliphatic carbocycles. The van der Waals surface area contributed by atoms with Gasteiger partial charge in [-0.15, -0.1) is 0 Å². The van der Waals surface area contributed by atoms with Crippen LogP contribution < -0.4 is 10.6 Å². The van der Waals surface area contributed by atoms with Crippen molar-refractivity contribution in [3.8, 4) is 0 Å². The van der Waals surface area contributed by atoms with Crippen molar-refractivity contribution in [3.63, 3.8) is 0 Å². The summed E-state index contributed by atoms with van der Waals surface area (Å²) in [6.45, 7) is 4.94. The molecule has 0 fully saturated rings. The molecule has 30 heavy (non-hydrogen) atoms. The number of nitrogens with one attached hydrogen (secondary N) is 2. The van der Waals surface area contributed by atoms with E-state index < -0.39 is 0 Å². The van der Waals surface area contributed by atoms with Gasteiger partial charge in [0.25, 0.3) is 0 Å². The highest BCUT2D eigenvalue weighted by atomic mass is 32.2. The van der Waals surface area contributed by atoms with Crippen molar-refractivity contribution in [3.05, 3.63) is 0 Å². The predicted molar refractivity (Wildman–Crippen MR) is 137 cm³/mol. The van der Waals surface area contributed by atoms with E-state index in [1.54, 1.807) is 0 Å². The van der Waals surface area contributed by atoms with E-state index in [2.05, 4.69) is 36.6 Å². The van der Waals surface area contributed by atoms with Gasteiger partial charge < -0.3 is 15.5 Å². The Morgan fingerprint density at radius 3 is 1.53 bits per heavy atom. The fourth-order valence-electron chi connectivity index (χ4n) is 3.52. The highest BCUT2D eigenvalue weighted by Gasteiger charge is 1.99. The number of amides is 2. The molecule has 0 aromatic rings. The van der Waals surface area contributed by atoms with Crippen molar-refractivity contribution < 1.29 is 4.79 Å². The van der Waals surface area contributed by atoms with Gasteiger partial charge in [-0.25, -0.2) is 4.79 Å². The number of thioether (sulfide) groups is 1. The number of urea groups is 1. The summed E-state index contributed by atoms with van der Waals surface area (Å²) in [5, 5.41) is 5.91. The van der Waals surface area contributed by atoms with E-state index in [4.69, 9.17) is 0 Å². The Kier molecular flexibility index (Phi) is 24.5. The van der Waals surface area contributed by atoms with Crippen LogP contribution >= 0.6 is 11.8 Å². The smallest absolute Gasteiger partial charge is 0.314 e. The third kappa shape index (κ3) is 25.6. The molecule has 2 N–H and O–H groups in total. The summed E-state index contributed by atoms with van der Waals surface area (Å²) in [5.74, 6) is 2.11. The maximum atomic E-state index is 11.7. The van der Waals surface area contributed by atoms with Crippen LogP contribution in [0.3, 0.4) is 0 Å². The second-order valence-electron chi connectivity index (χ2n) is 8.90.